The fourth-order valence-electron chi connectivity index (χ4n) is 1.92. The van der Waals surface area contributed by atoms with Gasteiger partial charge in [-0.2, -0.15) is 0 Å². The summed E-state index contributed by atoms with van der Waals surface area (Å²) in [7, 11) is 0. The highest BCUT2D eigenvalue weighted by atomic mass is 16.5. The Morgan fingerprint density at radius 3 is 2.62 bits per heavy atom. The van der Waals surface area contributed by atoms with Gasteiger partial charge in [-0.3, -0.25) is 4.99 Å². The summed E-state index contributed by atoms with van der Waals surface area (Å²) in [5, 5.41) is 15.9. The Labute approximate surface area is 127 Å². The van der Waals surface area contributed by atoms with Gasteiger partial charge in [0.05, 0.1) is 19.8 Å². The second-order valence-electron chi connectivity index (χ2n) is 4.63. The Bertz CT molecular complexity index is 396. The lowest BCUT2D eigenvalue weighted by molar-refractivity contribution is 0.152. The van der Waals surface area contributed by atoms with Crippen molar-refractivity contribution in [1.29, 1.82) is 0 Å². The Hall–Kier alpha value is -1.59. The first kappa shape index (κ1) is 17.5. The maximum Gasteiger partial charge on any atom is 0.191 e. The van der Waals surface area contributed by atoms with Crippen molar-refractivity contribution < 1.29 is 9.84 Å². The van der Waals surface area contributed by atoms with Crippen LogP contribution in [0.4, 0.5) is 0 Å². The molecule has 0 aromatic heterocycles. The first-order chi connectivity index (χ1) is 10.3. The van der Waals surface area contributed by atoms with Crippen molar-refractivity contribution in [2.75, 3.05) is 39.5 Å². The molecule has 1 unspecified atom stereocenters. The van der Waals surface area contributed by atoms with E-state index in [1.807, 2.05) is 44.2 Å². The van der Waals surface area contributed by atoms with Gasteiger partial charge >= 0.3 is 0 Å². The molecule has 0 heterocycles. The molecule has 118 valence electrons. The lowest BCUT2D eigenvalue weighted by Gasteiger charge is -2.15. The zero-order valence-corrected chi connectivity index (χ0v) is 13.0. The fraction of sp³-hybridized carbons (Fsp3) is 0.562. The van der Waals surface area contributed by atoms with Crippen LogP contribution in [-0.2, 0) is 4.74 Å². The number of nitrogens with one attached hydrogen (secondary N) is 2. The molecule has 21 heavy (non-hydrogen) atoms. The summed E-state index contributed by atoms with van der Waals surface area (Å²) in [6.07, 6.45) is 0. The SMILES string of the molecule is CCNC(=NCC(CO)c1ccccc1)NCCOCC. The molecule has 0 radical (unpaired) electrons. The molecule has 0 saturated heterocycles. The third kappa shape index (κ3) is 7.11. The van der Waals surface area contributed by atoms with E-state index >= 15 is 0 Å². The van der Waals surface area contributed by atoms with Gasteiger partial charge in [0.1, 0.15) is 0 Å². The number of hydrogen-bond donors (Lipinski definition) is 3. The van der Waals surface area contributed by atoms with Crippen molar-refractivity contribution in [2.45, 2.75) is 19.8 Å². The van der Waals surface area contributed by atoms with E-state index in [2.05, 4.69) is 15.6 Å². The minimum Gasteiger partial charge on any atom is -0.396 e. The first-order valence-electron chi connectivity index (χ1n) is 7.57. The monoisotopic (exact) mass is 293 g/mol. The average Bonchev–Trinajstić information content (AvgIpc) is 2.53. The van der Waals surface area contributed by atoms with Crippen LogP contribution in [0.2, 0.25) is 0 Å². The highest BCUT2D eigenvalue weighted by Crippen LogP contribution is 2.14. The molecular weight excluding hydrogens is 266 g/mol. The fourth-order valence-corrected chi connectivity index (χ4v) is 1.92. The van der Waals surface area contributed by atoms with Crippen LogP contribution in [0.25, 0.3) is 0 Å². The van der Waals surface area contributed by atoms with Gasteiger partial charge in [0.15, 0.2) is 5.96 Å². The minimum atomic E-state index is 0.0218. The molecule has 0 aliphatic heterocycles. The van der Waals surface area contributed by atoms with Crippen LogP contribution in [0.5, 0.6) is 0 Å². The highest BCUT2D eigenvalue weighted by molar-refractivity contribution is 5.79. The molecular formula is C16H27N3O2. The number of aliphatic hydroxyl groups is 1. The van der Waals surface area contributed by atoms with E-state index in [-0.39, 0.29) is 12.5 Å². The average molecular weight is 293 g/mol. The molecule has 0 bridgehead atoms. The summed E-state index contributed by atoms with van der Waals surface area (Å²) in [6, 6.07) is 9.97. The Morgan fingerprint density at radius 2 is 2.00 bits per heavy atom. The first-order valence-corrected chi connectivity index (χ1v) is 7.57. The summed E-state index contributed by atoms with van der Waals surface area (Å²) in [4.78, 5) is 4.54. The number of ether oxygens (including phenoxy) is 1. The second kappa shape index (κ2) is 11.1. The summed E-state index contributed by atoms with van der Waals surface area (Å²) in [5.74, 6) is 0.778. The Morgan fingerprint density at radius 1 is 1.24 bits per heavy atom. The van der Waals surface area contributed by atoms with E-state index in [1.165, 1.54) is 0 Å². The smallest absolute Gasteiger partial charge is 0.191 e. The number of hydrogen-bond acceptors (Lipinski definition) is 3. The largest absolute Gasteiger partial charge is 0.396 e. The summed E-state index contributed by atoms with van der Waals surface area (Å²) >= 11 is 0. The normalized spacial score (nSPS) is 13.0. The molecule has 0 amide bonds. The second-order valence-corrected chi connectivity index (χ2v) is 4.63. The highest BCUT2D eigenvalue weighted by Gasteiger charge is 2.09. The predicted octanol–water partition coefficient (Wildman–Crippen LogP) is 1.35. The number of rotatable bonds is 9. The van der Waals surface area contributed by atoms with Gasteiger partial charge < -0.3 is 20.5 Å². The zero-order valence-electron chi connectivity index (χ0n) is 13.0. The van der Waals surface area contributed by atoms with E-state index < -0.39 is 0 Å². The van der Waals surface area contributed by atoms with Gasteiger partial charge in [0, 0.05) is 25.6 Å². The van der Waals surface area contributed by atoms with Crippen molar-refractivity contribution in [1.82, 2.24) is 10.6 Å². The third-order valence-corrected chi connectivity index (χ3v) is 3.05. The van der Waals surface area contributed by atoms with Gasteiger partial charge in [-0.15, -0.1) is 0 Å². The molecule has 0 aliphatic carbocycles. The van der Waals surface area contributed by atoms with Crippen LogP contribution >= 0.6 is 0 Å². The van der Waals surface area contributed by atoms with Crippen LogP contribution < -0.4 is 10.6 Å². The number of benzene rings is 1. The molecule has 5 heteroatoms. The molecule has 1 aromatic carbocycles. The van der Waals surface area contributed by atoms with E-state index in [4.69, 9.17) is 4.74 Å². The molecule has 1 aromatic rings. The predicted molar refractivity (Wildman–Crippen MR) is 86.7 cm³/mol. The molecule has 5 nitrogen and oxygen atoms in total. The lowest BCUT2D eigenvalue weighted by Crippen LogP contribution is -2.39. The summed E-state index contributed by atoms with van der Waals surface area (Å²) < 4.78 is 5.29. The number of nitrogens with zero attached hydrogens (tertiary/aromatic N) is 1. The molecule has 1 atom stereocenters. The van der Waals surface area contributed by atoms with Crippen molar-refractivity contribution in [3.63, 3.8) is 0 Å². The topological polar surface area (TPSA) is 65.9 Å². The standard InChI is InChI=1S/C16H27N3O2/c1-3-17-16(18-10-11-21-4-2)19-12-15(13-20)14-8-6-5-7-9-14/h5-9,15,20H,3-4,10-13H2,1-2H3,(H2,17,18,19). The molecule has 3 N–H and O–H groups in total. The third-order valence-electron chi connectivity index (χ3n) is 3.05. The van der Waals surface area contributed by atoms with Crippen LogP contribution in [0.3, 0.4) is 0 Å². The van der Waals surface area contributed by atoms with E-state index in [1.54, 1.807) is 0 Å². The molecule has 0 aliphatic rings. The summed E-state index contributed by atoms with van der Waals surface area (Å²) in [6.45, 7) is 7.53. The van der Waals surface area contributed by atoms with Gasteiger partial charge in [0.25, 0.3) is 0 Å². The number of guanidine groups is 1. The number of aliphatic imine (C=N–C) groups is 1. The number of aliphatic hydroxyl groups excluding tert-OH is 1. The molecule has 0 fully saturated rings. The Kier molecular flexibility index (Phi) is 9.24. The maximum atomic E-state index is 9.54. The van der Waals surface area contributed by atoms with Crippen LogP contribution in [0.15, 0.2) is 35.3 Å². The van der Waals surface area contributed by atoms with Crippen LogP contribution in [0.1, 0.15) is 25.3 Å². The van der Waals surface area contributed by atoms with Crippen LogP contribution in [-0.4, -0.2) is 50.5 Å². The zero-order chi connectivity index (χ0) is 15.3. The molecule has 0 saturated carbocycles. The van der Waals surface area contributed by atoms with Crippen LogP contribution in [0, 0.1) is 0 Å². The van der Waals surface area contributed by atoms with Gasteiger partial charge in [-0.1, -0.05) is 30.3 Å². The quantitative estimate of drug-likeness (QED) is 0.365. The minimum absolute atomic E-state index is 0.0218. The molecule has 0 spiro atoms. The maximum absolute atomic E-state index is 9.54. The van der Waals surface area contributed by atoms with E-state index in [0.717, 1.165) is 31.2 Å². The Balaban J connectivity index is 2.54. The van der Waals surface area contributed by atoms with Crippen molar-refractivity contribution in [3.8, 4) is 0 Å². The van der Waals surface area contributed by atoms with Crippen molar-refractivity contribution in [2.24, 2.45) is 4.99 Å². The molecule has 1 rings (SSSR count). The van der Waals surface area contributed by atoms with E-state index in [0.29, 0.717) is 13.2 Å². The van der Waals surface area contributed by atoms with Crippen molar-refractivity contribution >= 4 is 5.96 Å². The van der Waals surface area contributed by atoms with Gasteiger partial charge in [0.2, 0.25) is 0 Å². The van der Waals surface area contributed by atoms with Gasteiger partial charge in [-0.05, 0) is 19.4 Å². The van der Waals surface area contributed by atoms with Gasteiger partial charge in [-0.25, -0.2) is 0 Å². The summed E-state index contributed by atoms with van der Waals surface area (Å²) in [5.41, 5.74) is 1.11. The van der Waals surface area contributed by atoms with E-state index in [9.17, 15) is 5.11 Å². The lowest BCUT2D eigenvalue weighted by atomic mass is 10.0. The van der Waals surface area contributed by atoms with Crippen molar-refractivity contribution in [3.05, 3.63) is 35.9 Å².